The highest BCUT2D eigenvalue weighted by atomic mass is 32.1. The number of alkyl halides is 2. The third kappa shape index (κ3) is 6.09. The maximum atomic E-state index is 12.3. The number of anilines is 1. The number of hydrogen-bond donors (Lipinski definition) is 1. The smallest absolute Gasteiger partial charge is 0.387 e. The van der Waals surface area contributed by atoms with Crippen LogP contribution in [0.3, 0.4) is 0 Å². The Hall–Kier alpha value is -2.00. The van der Waals surface area contributed by atoms with E-state index in [9.17, 15) is 13.6 Å². The Morgan fingerprint density at radius 1 is 1.28 bits per heavy atom. The van der Waals surface area contributed by atoms with Gasteiger partial charge in [0.05, 0.1) is 6.54 Å². The van der Waals surface area contributed by atoms with Gasteiger partial charge in [-0.3, -0.25) is 4.79 Å². The quantitative estimate of drug-likeness (QED) is 0.794. The van der Waals surface area contributed by atoms with Gasteiger partial charge in [-0.1, -0.05) is 0 Å². The number of carbonyl (C=O) groups excluding carboxylic acids is 1. The molecule has 2 rings (SSSR count). The standard InChI is InChI=1S/C16H22F2N4O2S/c1-20-7-9-22(10-8-20)14(23)11-21(2)16(25)19-12-3-5-13(6-4-12)24-15(17)18/h3-6,15H,7-11H2,1-2H3,(H,19,25). The van der Waals surface area contributed by atoms with Crippen LogP contribution in [0.15, 0.2) is 24.3 Å². The number of carbonyl (C=O) groups is 1. The molecule has 138 valence electrons. The maximum Gasteiger partial charge on any atom is 0.387 e. The summed E-state index contributed by atoms with van der Waals surface area (Å²) in [5.74, 6) is 0.102. The summed E-state index contributed by atoms with van der Waals surface area (Å²) in [4.78, 5) is 18.0. The van der Waals surface area contributed by atoms with E-state index in [1.54, 1.807) is 24.1 Å². The highest BCUT2D eigenvalue weighted by molar-refractivity contribution is 7.80. The number of amides is 1. The Bertz CT molecular complexity index is 592. The van der Waals surface area contributed by atoms with Gasteiger partial charge in [0.1, 0.15) is 5.75 Å². The lowest BCUT2D eigenvalue weighted by Crippen LogP contribution is -2.50. The average molecular weight is 372 g/mol. The topological polar surface area (TPSA) is 48.0 Å². The second-order valence-corrected chi connectivity index (χ2v) is 6.26. The number of ether oxygens (including phenoxy) is 1. The summed E-state index contributed by atoms with van der Waals surface area (Å²) < 4.78 is 28.6. The van der Waals surface area contributed by atoms with Gasteiger partial charge < -0.3 is 24.8 Å². The Morgan fingerprint density at radius 2 is 1.88 bits per heavy atom. The molecule has 0 aromatic heterocycles. The van der Waals surface area contributed by atoms with Crippen molar-refractivity contribution in [2.75, 3.05) is 52.1 Å². The lowest BCUT2D eigenvalue weighted by Gasteiger charge is -2.33. The third-order valence-electron chi connectivity index (χ3n) is 3.91. The molecule has 1 heterocycles. The van der Waals surface area contributed by atoms with E-state index in [2.05, 4.69) is 15.0 Å². The van der Waals surface area contributed by atoms with Crippen LogP contribution in [-0.2, 0) is 4.79 Å². The molecule has 1 N–H and O–H groups in total. The van der Waals surface area contributed by atoms with Gasteiger partial charge in [-0.2, -0.15) is 8.78 Å². The van der Waals surface area contributed by atoms with E-state index in [0.717, 1.165) is 26.2 Å². The molecule has 6 nitrogen and oxygen atoms in total. The van der Waals surface area contributed by atoms with Gasteiger partial charge in [-0.15, -0.1) is 0 Å². The molecule has 0 radical (unpaired) electrons. The van der Waals surface area contributed by atoms with Gasteiger partial charge >= 0.3 is 6.61 Å². The van der Waals surface area contributed by atoms with Gasteiger partial charge in [-0.05, 0) is 43.5 Å². The highest BCUT2D eigenvalue weighted by Crippen LogP contribution is 2.18. The van der Waals surface area contributed by atoms with Crippen molar-refractivity contribution in [2.24, 2.45) is 0 Å². The first-order valence-corrected chi connectivity index (χ1v) is 8.29. The molecule has 25 heavy (non-hydrogen) atoms. The van der Waals surface area contributed by atoms with Crippen LogP contribution in [0.2, 0.25) is 0 Å². The molecule has 0 atom stereocenters. The largest absolute Gasteiger partial charge is 0.435 e. The van der Waals surface area contributed by atoms with Crippen LogP contribution in [0.4, 0.5) is 14.5 Å². The van der Waals surface area contributed by atoms with Gasteiger partial charge in [0.15, 0.2) is 5.11 Å². The van der Waals surface area contributed by atoms with Crippen molar-refractivity contribution >= 4 is 28.9 Å². The Balaban J connectivity index is 1.82. The van der Waals surface area contributed by atoms with Crippen LogP contribution in [0.5, 0.6) is 5.75 Å². The molecular formula is C16H22F2N4O2S. The van der Waals surface area contributed by atoms with Crippen LogP contribution < -0.4 is 10.1 Å². The van der Waals surface area contributed by atoms with Crippen LogP contribution in [0.25, 0.3) is 0 Å². The second kappa shape index (κ2) is 8.91. The van der Waals surface area contributed by atoms with E-state index in [-0.39, 0.29) is 18.2 Å². The van der Waals surface area contributed by atoms with Crippen LogP contribution >= 0.6 is 12.2 Å². The molecule has 0 unspecified atom stereocenters. The molecule has 0 bridgehead atoms. The highest BCUT2D eigenvalue weighted by Gasteiger charge is 2.20. The van der Waals surface area contributed by atoms with Crippen molar-refractivity contribution in [2.45, 2.75) is 6.61 Å². The number of benzene rings is 1. The number of halogens is 2. The number of rotatable bonds is 5. The van der Waals surface area contributed by atoms with Crippen molar-refractivity contribution in [1.82, 2.24) is 14.7 Å². The molecular weight excluding hydrogens is 350 g/mol. The molecule has 1 fully saturated rings. The fourth-order valence-corrected chi connectivity index (χ4v) is 2.55. The number of nitrogens with one attached hydrogen (secondary N) is 1. The summed E-state index contributed by atoms with van der Waals surface area (Å²) in [6.45, 7) is 0.495. The minimum atomic E-state index is -2.85. The van der Waals surface area contributed by atoms with Crippen molar-refractivity contribution in [3.63, 3.8) is 0 Å². The Kier molecular flexibility index (Phi) is 6.89. The first-order valence-electron chi connectivity index (χ1n) is 7.88. The summed E-state index contributed by atoms with van der Waals surface area (Å²) >= 11 is 5.28. The lowest BCUT2D eigenvalue weighted by molar-refractivity contribution is -0.132. The van der Waals surface area contributed by atoms with Crippen molar-refractivity contribution in [3.8, 4) is 5.75 Å². The molecule has 1 saturated heterocycles. The van der Waals surface area contributed by atoms with Gasteiger partial charge in [0.2, 0.25) is 5.91 Å². The van der Waals surface area contributed by atoms with Crippen LogP contribution in [-0.4, -0.2) is 79.1 Å². The number of nitrogens with zero attached hydrogens (tertiary/aromatic N) is 3. The van der Waals surface area contributed by atoms with Crippen LogP contribution in [0.1, 0.15) is 0 Å². The molecule has 0 saturated carbocycles. The van der Waals surface area contributed by atoms with E-state index < -0.39 is 6.61 Å². The lowest BCUT2D eigenvalue weighted by atomic mass is 10.3. The SMILES string of the molecule is CN1CCN(C(=O)CN(C)C(=S)Nc2ccc(OC(F)F)cc2)CC1. The molecule has 1 aliphatic heterocycles. The minimum Gasteiger partial charge on any atom is -0.435 e. The van der Waals surface area contributed by atoms with Crippen molar-refractivity contribution in [3.05, 3.63) is 24.3 Å². The summed E-state index contributed by atoms with van der Waals surface area (Å²) in [5, 5.41) is 3.35. The predicted molar refractivity (Wildman–Crippen MR) is 96.0 cm³/mol. The molecule has 0 aliphatic carbocycles. The van der Waals surface area contributed by atoms with E-state index in [4.69, 9.17) is 12.2 Å². The summed E-state index contributed by atoms with van der Waals surface area (Å²) in [5.41, 5.74) is 0.630. The number of piperazine rings is 1. The molecule has 9 heteroatoms. The summed E-state index contributed by atoms with van der Waals surface area (Å²) in [6, 6.07) is 6.01. The first kappa shape index (κ1) is 19.3. The van der Waals surface area contributed by atoms with Crippen molar-refractivity contribution < 1.29 is 18.3 Å². The summed E-state index contributed by atoms with van der Waals surface area (Å²) in [6.07, 6.45) is 0. The van der Waals surface area contributed by atoms with Gasteiger partial charge in [-0.25, -0.2) is 0 Å². The fraction of sp³-hybridized carbons (Fsp3) is 0.500. The molecule has 0 spiro atoms. The zero-order valence-electron chi connectivity index (χ0n) is 14.2. The van der Waals surface area contributed by atoms with E-state index in [0.29, 0.717) is 10.8 Å². The minimum absolute atomic E-state index is 0.0282. The fourth-order valence-electron chi connectivity index (χ4n) is 2.37. The third-order valence-corrected chi connectivity index (χ3v) is 4.32. The number of likely N-dealkylation sites (N-methyl/N-ethyl adjacent to an activating group) is 2. The Labute approximate surface area is 151 Å². The number of hydrogen-bond acceptors (Lipinski definition) is 4. The molecule has 1 aromatic rings. The monoisotopic (exact) mass is 372 g/mol. The van der Waals surface area contributed by atoms with Crippen LogP contribution in [0, 0.1) is 0 Å². The van der Waals surface area contributed by atoms with Crippen molar-refractivity contribution in [1.29, 1.82) is 0 Å². The first-order chi connectivity index (χ1) is 11.8. The second-order valence-electron chi connectivity index (χ2n) is 5.87. The van der Waals surface area contributed by atoms with Gasteiger partial charge in [0.25, 0.3) is 0 Å². The van der Waals surface area contributed by atoms with E-state index in [1.807, 2.05) is 11.9 Å². The van der Waals surface area contributed by atoms with Gasteiger partial charge in [0, 0.05) is 38.9 Å². The van der Waals surface area contributed by atoms with E-state index in [1.165, 1.54) is 12.1 Å². The van der Waals surface area contributed by atoms with E-state index >= 15 is 0 Å². The molecule has 1 aliphatic rings. The Morgan fingerprint density at radius 3 is 2.44 bits per heavy atom. The summed E-state index contributed by atoms with van der Waals surface area (Å²) in [7, 11) is 3.77. The zero-order valence-corrected chi connectivity index (χ0v) is 15.1. The molecule has 1 amide bonds. The normalized spacial score (nSPS) is 15.2. The number of thiocarbonyl (C=S) groups is 1. The average Bonchev–Trinajstić information content (AvgIpc) is 2.56. The maximum absolute atomic E-state index is 12.3. The zero-order chi connectivity index (χ0) is 18.4. The predicted octanol–water partition coefficient (Wildman–Crippen LogP) is 1.69. The molecule has 1 aromatic carbocycles.